The van der Waals surface area contributed by atoms with Gasteiger partial charge in [-0.3, -0.25) is 0 Å². The Morgan fingerprint density at radius 2 is 1.36 bits per heavy atom. The van der Waals surface area contributed by atoms with Crippen LogP contribution in [-0.2, 0) is 6.42 Å². The molecule has 0 spiro atoms. The van der Waals surface area contributed by atoms with Gasteiger partial charge in [-0.15, -0.1) is 0 Å². The van der Waals surface area contributed by atoms with Gasteiger partial charge >= 0.3 is 0 Å². The van der Waals surface area contributed by atoms with Gasteiger partial charge in [0.1, 0.15) is 0 Å². The number of hydrogen-bond donors (Lipinski definition) is 0. The third kappa shape index (κ3) is 6.56. The largest absolute Gasteiger partial charge is 0.0945 e. The van der Waals surface area contributed by atoms with Crippen LogP contribution in [0.4, 0.5) is 0 Å². The van der Waals surface area contributed by atoms with Crippen LogP contribution in [0.5, 0.6) is 0 Å². The van der Waals surface area contributed by atoms with Gasteiger partial charge < -0.3 is 0 Å². The van der Waals surface area contributed by atoms with E-state index >= 15 is 0 Å². The summed E-state index contributed by atoms with van der Waals surface area (Å²) in [5.41, 5.74) is 5.19. The Balaban J connectivity index is 1.52. The molecule has 0 amide bonds. The van der Waals surface area contributed by atoms with Gasteiger partial charge in [-0.25, -0.2) is 0 Å². The molecule has 0 unspecified atom stereocenters. The smallest absolute Gasteiger partial charge is 0.0245 e. The second kappa shape index (κ2) is 11.1. The number of aryl methyl sites for hydroxylation is 1. The molecule has 0 N–H and O–H groups in total. The quantitative estimate of drug-likeness (QED) is 0.341. The second-order valence-corrected chi connectivity index (χ2v) is 8.66. The maximum Gasteiger partial charge on any atom is 0.0245 e. The minimum absolute atomic E-state index is 0.602. The van der Waals surface area contributed by atoms with Gasteiger partial charge in [0, 0.05) is 11.5 Å². The Morgan fingerprint density at radius 3 is 2.00 bits per heavy atom. The van der Waals surface area contributed by atoms with Crippen LogP contribution < -0.4 is 0 Å². The molecule has 28 heavy (non-hydrogen) atoms. The molecule has 0 nitrogen and oxygen atoms in total. The highest BCUT2D eigenvalue weighted by Gasteiger charge is 2.15. The lowest BCUT2D eigenvalue weighted by Gasteiger charge is -2.21. The normalized spacial score (nSPS) is 19.1. The van der Waals surface area contributed by atoms with Crippen LogP contribution in [0.1, 0.15) is 82.8 Å². The van der Waals surface area contributed by atoms with Crippen molar-refractivity contribution >= 4 is 0 Å². The Kier molecular flexibility index (Phi) is 8.23. The maximum atomic E-state index is 3.51. The van der Waals surface area contributed by atoms with Crippen molar-refractivity contribution in [2.24, 2.45) is 11.8 Å². The van der Waals surface area contributed by atoms with Crippen molar-refractivity contribution in [2.45, 2.75) is 78.1 Å². The van der Waals surface area contributed by atoms with Crippen LogP contribution in [0.2, 0.25) is 0 Å². The predicted molar refractivity (Wildman–Crippen MR) is 122 cm³/mol. The van der Waals surface area contributed by atoms with Crippen molar-refractivity contribution in [1.29, 1.82) is 0 Å². The van der Waals surface area contributed by atoms with Crippen molar-refractivity contribution in [1.82, 2.24) is 0 Å². The Hall–Kier alpha value is -2.00. The molecule has 0 heterocycles. The van der Waals surface area contributed by atoms with Crippen LogP contribution in [-0.4, -0.2) is 0 Å². The number of hydrogen-bond acceptors (Lipinski definition) is 0. The molecule has 1 saturated carbocycles. The van der Waals surface area contributed by atoms with Gasteiger partial charge in [-0.1, -0.05) is 87.8 Å². The number of benzene rings is 2. The fourth-order valence-corrected chi connectivity index (χ4v) is 4.13. The van der Waals surface area contributed by atoms with Crippen molar-refractivity contribution < 1.29 is 0 Å². The highest BCUT2D eigenvalue weighted by atomic mass is 14.2. The van der Waals surface area contributed by atoms with Gasteiger partial charge in [-0.05, 0) is 73.3 Å². The molecule has 0 saturated heterocycles. The molecule has 2 aromatic carbocycles. The van der Waals surface area contributed by atoms with Crippen molar-refractivity contribution in [2.75, 3.05) is 0 Å². The van der Waals surface area contributed by atoms with E-state index in [0.29, 0.717) is 5.92 Å². The summed E-state index contributed by atoms with van der Waals surface area (Å²) < 4.78 is 0. The predicted octanol–water partition coefficient (Wildman–Crippen LogP) is 8.04. The molecule has 1 fully saturated rings. The first-order valence-electron chi connectivity index (χ1n) is 11.5. The van der Waals surface area contributed by atoms with Crippen LogP contribution in [0.25, 0.3) is 11.1 Å². The molecule has 0 aromatic heterocycles. The summed E-state index contributed by atoms with van der Waals surface area (Å²) in [6.45, 7) is 4.64. The summed E-state index contributed by atoms with van der Waals surface area (Å²) in [6, 6.07) is 17.9. The first kappa shape index (κ1) is 20.7. The van der Waals surface area contributed by atoms with E-state index in [2.05, 4.69) is 74.2 Å². The highest BCUT2D eigenvalue weighted by Crippen LogP contribution is 2.28. The van der Waals surface area contributed by atoms with Crippen molar-refractivity contribution in [3.8, 4) is 23.0 Å². The van der Waals surface area contributed by atoms with E-state index in [9.17, 15) is 0 Å². The van der Waals surface area contributed by atoms with Crippen LogP contribution in [0, 0.1) is 23.7 Å². The zero-order valence-electron chi connectivity index (χ0n) is 17.8. The summed E-state index contributed by atoms with van der Waals surface area (Å²) >= 11 is 0. The average molecular weight is 373 g/mol. The lowest BCUT2D eigenvalue weighted by Crippen LogP contribution is -2.10. The molecular weight excluding hydrogens is 336 g/mol. The van der Waals surface area contributed by atoms with E-state index in [1.807, 2.05) is 0 Å². The topological polar surface area (TPSA) is 0 Å². The zero-order valence-corrected chi connectivity index (χ0v) is 17.8. The van der Waals surface area contributed by atoms with Crippen LogP contribution >= 0.6 is 0 Å². The molecular formula is C28H36. The minimum Gasteiger partial charge on any atom is -0.0945 e. The fourth-order valence-electron chi connectivity index (χ4n) is 4.13. The van der Waals surface area contributed by atoms with Gasteiger partial charge in [0.2, 0.25) is 0 Å². The second-order valence-electron chi connectivity index (χ2n) is 8.66. The van der Waals surface area contributed by atoms with Crippen molar-refractivity contribution in [3.63, 3.8) is 0 Å². The monoisotopic (exact) mass is 372 g/mol. The SMILES string of the molecule is CCCCCCCc1ccc(-c2ccc(C#C[C@H]3CC[C@H](C)CC3)cc2)cc1. The number of unbranched alkanes of at least 4 members (excludes halogenated alkanes) is 4. The standard InChI is InChI=1S/C28H36/c1-3-4-5-6-7-8-24-15-19-27(20-16-24)28-21-17-26(18-22-28)14-13-25-11-9-23(2)10-12-25/h15-23,25H,3-12H2,1-2H3/t23-,25-. The molecule has 3 rings (SSSR count). The van der Waals surface area contributed by atoms with E-state index in [1.54, 1.807) is 0 Å². The molecule has 0 radical (unpaired) electrons. The summed E-state index contributed by atoms with van der Waals surface area (Å²) in [7, 11) is 0. The summed E-state index contributed by atoms with van der Waals surface area (Å²) in [5.74, 6) is 8.41. The van der Waals surface area contributed by atoms with Gasteiger partial charge in [-0.2, -0.15) is 0 Å². The molecule has 0 aliphatic heterocycles. The first-order chi connectivity index (χ1) is 13.7. The van der Waals surface area contributed by atoms with Gasteiger partial charge in [0.25, 0.3) is 0 Å². The minimum atomic E-state index is 0.602. The van der Waals surface area contributed by atoms with E-state index in [-0.39, 0.29) is 0 Å². The van der Waals surface area contributed by atoms with Crippen LogP contribution in [0.15, 0.2) is 48.5 Å². The Labute approximate surface area is 172 Å². The highest BCUT2D eigenvalue weighted by molar-refractivity contribution is 5.64. The molecule has 0 bridgehead atoms. The summed E-state index contributed by atoms with van der Waals surface area (Å²) in [4.78, 5) is 0. The molecule has 1 aliphatic carbocycles. The van der Waals surface area contributed by atoms with E-state index in [1.165, 1.54) is 80.9 Å². The van der Waals surface area contributed by atoms with E-state index in [4.69, 9.17) is 0 Å². The zero-order chi connectivity index (χ0) is 19.6. The lowest BCUT2D eigenvalue weighted by molar-refractivity contribution is 0.337. The molecule has 0 atom stereocenters. The summed E-state index contributed by atoms with van der Waals surface area (Å²) in [5, 5.41) is 0. The van der Waals surface area contributed by atoms with Gasteiger partial charge in [0.05, 0.1) is 0 Å². The summed E-state index contributed by atoms with van der Waals surface area (Å²) in [6.07, 6.45) is 13.2. The molecule has 148 valence electrons. The van der Waals surface area contributed by atoms with E-state index in [0.717, 1.165) is 11.5 Å². The third-order valence-electron chi connectivity index (χ3n) is 6.18. The number of rotatable bonds is 7. The van der Waals surface area contributed by atoms with Crippen LogP contribution in [0.3, 0.4) is 0 Å². The maximum absolute atomic E-state index is 3.51. The Morgan fingerprint density at radius 1 is 0.750 bits per heavy atom. The fraction of sp³-hybridized carbons (Fsp3) is 0.500. The first-order valence-corrected chi connectivity index (χ1v) is 11.5. The Bertz CT molecular complexity index is 746. The molecule has 1 aliphatic rings. The third-order valence-corrected chi connectivity index (χ3v) is 6.18. The average Bonchev–Trinajstić information content (AvgIpc) is 2.74. The lowest BCUT2D eigenvalue weighted by atomic mass is 9.83. The molecule has 0 heteroatoms. The van der Waals surface area contributed by atoms with Crippen molar-refractivity contribution in [3.05, 3.63) is 59.7 Å². The van der Waals surface area contributed by atoms with Gasteiger partial charge in [0.15, 0.2) is 0 Å². The molecule has 2 aromatic rings. The van der Waals surface area contributed by atoms with E-state index < -0.39 is 0 Å².